The molecule has 300 valence electrons. The third-order valence-electron chi connectivity index (χ3n) is 13.5. The summed E-state index contributed by atoms with van der Waals surface area (Å²) in [5, 5.41) is 4.93. The van der Waals surface area contributed by atoms with Crippen LogP contribution in [-0.2, 0) is 9.98 Å². The van der Waals surface area contributed by atoms with Gasteiger partial charge in [-0.25, -0.2) is 9.97 Å². The normalized spacial score (nSPS) is 14.7. The fourth-order valence-electron chi connectivity index (χ4n) is 10.8. The minimum Gasteiger partial charge on any atom is -0.309 e. The Bertz CT molecular complexity index is 3630. The summed E-state index contributed by atoms with van der Waals surface area (Å²) in [4.78, 5) is 11.2. The van der Waals surface area contributed by atoms with Crippen LogP contribution in [-0.4, -0.2) is 14.5 Å². The van der Waals surface area contributed by atoms with E-state index in [4.69, 9.17) is 9.97 Å². The molecule has 0 saturated heterocycles. The molecular formula is C59H38N3OP. The fourth-order valence-corrected chi connectivity index (χ4v) is 13.4. The second-order valence-corrected chi connectivity index (χ2v) is 19.5. The average Bonchev–Trinajstić information content (AvgIpc) is 3.87. The van der Waals surface area contributed by atoms with Gasteiger partial charge in [0, 0.05) is 48.9 Å². The highest BCUT2D eigenvalue weighted by atomic mass is 31.2. The van der Waals surface area contributed by atoms with E-state index < -0.39 is 12.6 Å². The van der Waals surface area contributed by atoms with Crippen molar-refractivity contribution in [1.82, 2.24) is 14.5 Å². The van der Waals surface area contributed by atoms with Crippen LogP contribution in [0.15, 0.2) is 231 Å². The predicted octanol–water partition coefficient (Wildman–Crippen LogP) is 12.9. The Morgan fingerprint density at radius 2 is 0.906 bits per heavy atom. The molecule has 9 aromatic carbocycles. The van der Waals surface area contributed by atoms with Crippen LogP contribution in [0.3, 0.4) is 0 Å². The van der Waals surface area contributed by atoms with Gasteiger partial charge in [0.2, 0.25) is 0 Å². The molecule has 2 aromatic heterocycles. The van der Waals surface area contributed by atoms with Crippen LogP contribution >= 0.6 is 7.14 Å². The third-order valence-corrected chi connectivity index (χ3v) is 16.6. The van der Waals surface area contributed by atoms with Crippen molar-refractivity contribution in [3.05, 3.63) is 253 Å². The van der Waals surface area contributed by atoms with Crippen molar-refractivity contribution in [3.63, 3.8) is 0 Å². The molecule has 11 aromatic rings. The molecule has 0 fully saturated rings. The van der Waals surface area contributed by atoms with Gasteiger partial charge in [-0.2, -0.15) is 0 Å². The van der Waals surface area contributed by atoms with Crippen LogP contribution in [0.25, 0.3) is 72.5 Å². The lowest BCUT2D eigenvalue weighted by molar-refractivity contribution is 0.592. The maximum atomic E-state index is 15.0. The van der Waals surface area contributed by atoms with E-state index in [1.54, 1.807) is 0 Å². The van der Waals surface area contributed by atoms with E-state index in [0.29, 0.717) is 5.82 Å². The molecule has 3 heterocycles. The summed E-state index contributed by atoms with van der Waals surface area (Å²) in [5.41, 5.74) is 14.8. The molecule has 1 aliphatic carbocycles. The van der Waals surface area contributed by atoms with E-state index in [2.05, 4.69) is 162 Å². The summed E-state index contributed by atoms with van der Waals surface area (Å²) >= 11 is 0. The Hall–Kier alpha value is -7.91. The molecule has 0 N–H and O–H groups in total. The van der Waals surface area contributed by atoms with E-state index in [-0.39, 0.29) is 0 Å². The zero-order chi connectivity index (χ0) is 42.4. The first-order valence-corrected chi connectivity index (χ1v) is 23.5. The SMILES string of the molecule is O=P(c1ccccc1)(c1ccccc1)c1ccc(-c2ccc(-c3nc(-c4ccccc4)c4c(n3)-c3ccccc3C43c4ccccc4-n4c5ccccc5c5cccc3c54)cc2)cc1. The van der Waals surface area contributed by atoms with Gasteiger partial charge in [-0.1, -0.05) is 218 Å². The van der Waals surface area contributed by atoms with Gasteiger partial charge in [0.15, 0.2) is 13.0 Å². The van der Waals surface area contributed by atoms with Crippen LogP contribution in [0, 0.1) is 0 Å². The number of para-hydroxylation sites is 3. The van der Waals surface area contributed by atoms with Gasteiger partial charge in [-0.3, -0.25) is 0 Å². The molecule has 0 amide bonds. The van der Waals surface area contributed by atoms with Crippen molar-refractivity contribution in [2.75, 3.05) is 0 Å². The molecule has 13 rings (SSSR count). The van der Waals surface area contributed by atoms with Crippen molar-refractivity contribution in [1.29, 1.82) is 0 Å². The standard InChI is InChI=1S/C59H38N3OP/c63-64(43-19-6-2-7-20-43,44-21-8-3-9-22-44)45-37-35-40(36-38-45)39-31-33-42(34-32-39)58-60-55(41-17-4-1-5-18-41)54-56(61-58)48-24-10-12-26-49(48)59(54)50-27-13-15-30-53(50)62-52-29-14-11-23-46(52)47-25-16-28-51(59)57(47)62/h1-38H. The van der Waals surface area contributed by atoms with Crippen LogP contribution in [0.4, 0.5) is 0 Å². The summed E-state index contributed by atoms with van der Waals surface area (Å²) in [7, 11) is -3.08. The molecule has 1 aliphatic heterocycles. The van der Waals surface area contributed by atoms with Crippen molar-refractivity contribution in [3.8, 4) is 50.7 Å². The minimum atomic E-state index is -3.08. The summed E-state index contributed by atoms with van der Waals surface area (Å²) in [6, 6.07) is 80.4. The van der Waals surface area contributed by atoms with Crippen molar-refractivity contribution >= 4 is 44.9 Å². The molecule has 64 heavy (non-hydrogen) atoms. The average molecular weight is 836 g/mol. The van der Waals surface area contributed by atoms with E-state index in [1.807, 2.05) is 72.8 Å². The number of nitrogens with zero attached hydrogens (tertiary/aromatic N) is 3. The number of aromatic nitrogens is 3. The number of hydrogen-bond acceptors (Lipinski definition) is 3. The Labute approximate surface area is 371 Å². The number of rotatable bonds is 6. The lowest BCUT2D eigenvalue weighted by Gasteiger charge is -2.40. The highest BCUT2D eigenvalue weighted by molar-refractivity contribution is 7.85. The first-order valence-electron chi connectivity index (χ1n) is 21.8. The third kappa shape index (κ3) is 5.09. The fraction of sp³-hybridized carbons (Fsp3) is 0.0169. The Morgan fingerprint density at radius 3 is 1.62 bits per heavy atom. The Balaban J connectivity index is 0.982. The molecular weight excluding hydrogens is 798 g/mol. The second-order valence-electron chi connectivity index (χ2n) is 16.8. The quantitative estimate of drug-likeness (QED) is 0.157. The van der Waals surface area contributed by atoms with Crippen LogP contribution in [0.2, 0.25) is 0 Å². The van der Waals surface area contributed by atoms with E-state index in [0.717, 1.165) is 60.7 Å². The lowest BCUT2D eigenvalue weighted by Crippen LogP contribution is -2.34. The number of benzene rings is 9. The zero-order valence-electron chi connectivity index (χ0n) is 34.6. The highest BCUT2D eigenvalue weighted by Gasteiger charge is 2.53. The predicted molar refractivity (Wildman–Crippen MR) is 263 cm³/mol. The summed E-state index contributed by atoms with van der Waals surface area (Å²) in [6.45, 7) is 0. The van der Waals surface area contributed by atoms with Gasteiger partial charge < -0.3 is 9.13 Å². The molecule has 4 nitrogen and oxygen atoms in total. The Morgan fingerprint density at radius 1 is 0.391 bits per heavy atom. The van der Waals surface area contributed by atoms with Gasteiger partial charge >= 0.3 is 0 Å². The van der Waals surface area contributed by atoms with E-state index >= 15 is 4.57 Å². The van der Waals surface area contributed by atoms with Crippen LogP contribution < -0.4 is 15.9 Å². The Kier molecular flexibility index (Phi) is 8.06. The maximum Gasteiger partial charge on any atom is 0.171 e. The first kappa shape index (κ1) is 36.7. The largest absolute Gasteiger partial charge is 0.309 e. The molecule has 0 radical (unpaired) electrons. The van der Waals surface area contributed by atoms with Crippen molar-refractivity contribution in [2.45, 2.75) is 5.41 Å². The minimum absolute atomic E-state index is 0.675. The van der Waals surface area contributed by atoms with Gasteiger partial charge in [-0.15, -0.1) is 0 Å². The van der Waals surface area contributed by atoms with Crippen LogP contribution in [0.5, 0.6) is 0 Å². The first-order chi connectivity index (χ1) is 31.6. The van der Waals surface area contributed by atoms with Crippen molar-refractivity contribution < 1.29 is 4.57 Å². The molecule has 1 spiro atoms. The lowest BCUT2D eigenvalue weighted by atomic mass is 9.64. The second kappa shape index (κ2) is 14.1. The molecule has 0 bridgehead atoms. The molecule has 5 heteroatoms. The molecule has 2 aliphatic rings. The number of hydrogen-bond donors (Lipinski definition) is 0. The smallest absolute Gasteiger partial charge is 0.171 e. The molecule has 1 atom stereocenters. The summed E-state index contributed by atoms with van der Waals surface area (Å²) in [5.74, 6) is 0.675. The van der Waals surface area contributed by atoms with Crippen LogP contribution in [0.1, 0.15) is 22.3 Å². The van der Waals surface area contributed by atoms with E-state index in [1.165, 1.54) is 44.2 Å². The molecule has 1 unspecified atom stereocenters. The van der Waals surface area contributed by atoms with Gasteiger partial charge in [0.1, 0.15) is 0 Å². The summed E-state index contributed by atoms with van der Waals surface area (Å²) in [6.07, 6.45) is 0. The topological polar surface area (TPSA) is 47.8 Å². The summed E-state index contributed by atoms with van der Waals surface area (Å²) < 4.78 is 17.5. The monoisotopic (exact) mass is 835 g/mol. The maximum absolute atomic E-state index is 15.0. The number of fused-ring (bicyclic) bond motifs is 12. The van der Waals surface area contributed by atoms with Gasteiger partial charge in [0.25, 0.3) is 0 Å². The van der Waals surface area contributed by atoms with Gasteiger partial charge in [-0.05, 0) is 39.9 Å². The highest BCUT2D eigenvalue weighted by Crippen LogP contribution is 2.62. The van der Waals surface area contributed by atoms with Gasteiger partial charge in [0.05, 0.1) is 33.5 Å². The van der Waals surface area contributed by atoms with Crippen molar-refractivity contribution in [2.24, 2.45) is 0 Å². The van der Waals surface area contributed by atoms with E-state index in [9.17, 15) is 0 Å². The zero-order valence-corrected chi connectivity index (χ0v) is 35.5. The molecule has 0 saturated carbocycles.